The topological polar surface area (TPSA) is 37.3 Å². The molecule has 0 aliphatic carbocycles. The highest BCUT2D eigenvalue weighted by molar-refractivity contribution is 5.89. The minimum absolute atomic E-state index is 0.307. The van der Waals surface area contributed by atoms with Crippen molar-refractivity contribution in [2.75, 3.05) is 0 Å². The Labute approximate surface area is 73.1 Å². The molecular formula is C9H6F2O2. The summed E-state index contributed by atoms with van der Waals surface area (Å²) in [7, 11) is 0. The summed E-state index contributed by atoms with van der Waals surface area (Å²) >= 11 is 0. The first-order valence-corrected chi connectivity index (χ1v) is 3.45. The number of hydrogen-bond acceptors (Lipinski definition) is 1. The second-order valence-corrected chi connectivity index (χ2v) is 2.35. The molecule has 1 aromatic rings. The molecule has 0 heterocycles. The normalized spacial score (nSPS) is 11.4. The summed E-state index contributed by atoms with van der Waals surface area (Å²) in [5.41, 5.74) is 0.307. The van der Waals surface area contributed by atoms with Crippen molar-refractivity contribution in [2.45, 2.75) is 0 Å². The van der Waals surface area contributed by atoms with E-state index in [4.69, 9.17) is 5.11 Å². The molecule has 0 aromatic heterocycles. The van der Waals surface area contributed by atoms with Gasteiger partial charge in [-0.05, 0) is 23.8 Å². The summed E-state index contributed by atoms with van der Waals surface area (Å²) in [4.78, 5) is 10.1. The second kappa shape index (κ2) is 3.80. The van der Waals surface area contributed by atoms with Crippen LogP contribution < -0.4 is 0 Å². The molecule has 1 rings (SSSR count). The molecule has 1 N–H and O–H groups in total. The Kier molecular flexibility index (Phi) is 2.74. The van der Waals surface area contributed by atoms with E-state index in [1.807, 2.05) is 0 Å². The van der Waals surface area contributed by atoms with Gasteiger partial charge in [-0.3, -0.25) is 0 Å². The SMILES string of the molecule is O=C(O)/C(F)=C/c1ccc(F)cc1. The van der Waals surface area contributed by atoms with Gasteiger partial charge in [0, 0.05) is 0 Å². The molecular weight excluding hydrogens is 178 g/mol. The maximum Gasteiger partial charge on any atom is 0.364 e. The van der Waals surface area contributed by atoms with Crippen molar-refractivity contribution in [1.29, 1.82) is 0 Å². The first-order valence-electron chi connectivity index (χ1n) is 3.45. The van der Waals surface area contributed by atoms with E-state index in [0.717, 1.165) is 18.2 Å². The Balaban J connectivity index is 2.92. The summed E-state index contributed by atoms with van der Waals surface area (Å²) < 4.78 is 24.8. The summed E-state index contributed by atoms with van der Waals surface area (Å²) in [6.45, 7) is 0. The second-order valence-electron chi connectivity index (χ2n) is 2.35. The Hall–Kier alpha value is -1.71. The molecule has 0 saturated heterocycles. The third-order valence-electron chi connectivity index (χ3n) is 1.37. The number of halogens is 2. The molecule has 13 heavy (non-hydrogen) atoms. The first-order chi connectivity index (χ1) is 6.09. The molecule has 68 valence electrons. The molecule has 0 amide bonds. The highest BCUT2D eigenvalue weighted by Gasteiger charge is 2.04. The monoisotopic (exact) mass is 184 g/mol. The van der Waals surface area contributed by atoms with Gasteiger partial charge in [-0.2, -0.15) is 4.39 Å². The molecule has 2 nitrogen and oxygen atoms in total. The van der Waals surface area contributed by atoms with Gasteiger partial charge in [0.15, 0.2) is 0 Å². The minimum atomic E-state index is -1.63. The van der Waals surface area contributed by atoms with E-state index < -0.39 is 17.6 Å². The van der Waals surface area contributed by atoms with Crippen molar-refractivity contribution in [2.24, 2.45) is 0 Å². The Morgan fingerprint density at radius 3 is 2.31 bits per heavy atom. The van der Waals surface area contributed by atoms with Gasteiger partial charge in [-0.1, -0.05) is 12.1 Å². The van der Waals surface area contributed by atoms with Crippen LogP contribution in [0.3, 0.4) is 0 Å². The maximum atomic E-state index is 12.5. The van der Waals surface area contributed by atoms with Crippen molar-refractivity contribution < 1.29 is 18.7 Å². The van der Waals surface area contributed by atoms with Gasteiger partial charge in [-0.25, -0.2) is 9.18 Å². The molecule has 0 fully saturated rings. The van der Waals surface area contributed by atoms with Crippen LogP contribution in [0.15, 0.2) is 30.1 Å². The molecule has 0 spiro atoms. The van der Waals surface area contributed by atoms with E-state index in [9.17, 15) is 13.6 Å². The van der Waals surface area contributed by atoms with Crippen molar-refractivity contribution in [3.05, 3.63) is 41.5 Å². The highest BCUT2D eigenvalue weighted by Crippen LogP contribution is 2.08. The first kappa shape index (κ1) is 9.38. The average Bonchev–Trinajstić information content (AvgIpc) is 2.08. The van der Waals surface area contributed by atoms with Gasteiger partial charge in [0.1, 0.15) is 5.82 Å². The summed E-state index contributed by atoms with van der Waals surface area (Å²) in [5, 5.41) is 8.18. The van der Waals surface area contributed by atoms with Crippen molar-refractivity contribution in [3.8, 4) is 0 Å². The largest absolute Gasteiger partial charge is 0.476 e. The Morgan fingerprint density at radius 2 is 1.85 bits per heavy atom. The van der Waals surface area contributed by atoms with E-state index in [0.29, 0.717) is 5.56 Å². The van der Waals surface area contributed by atoms with Crippen LogP contribution in [0.2, 0.25) is 0 Å². The van der Waals surface area contributed by atoms with E-state index >= 15 is 0 Å². The molecule has 0 saturated carbocycles. The number of carboxylic acids is 1. The highest BCUT2D eigenvalue weighted by atomic mass is 19.1. The fraction of sp³-hybridized carbons (Fsp3) is 0. The summed E-state index contributed by atoms with van der Waals surface area (Å²) in [6, 6.07) is 4.83. The van der Waals surface area contributed by atoms with Gasteiger partial charge in [0.05, 0.1) is 0 Å². The van der Waals surface area contributed by atoms with Crippen LogP contribution in [0.4, 0.5) is 8.78 Å². The van der Waals surface area contributed by atoms with Gasteiger partial charge < -0.3 is 5.11 Å². The lowest BCUT2D eigenvalue weighted by Crippen LogP contribution is -1.93. The lowest BCUT2D eigenvalue weighted by atomic mass is 10.2. The fourth-order valence-corrected chi connectivity index (χ4v) is 0.767. The maximum absolute atomic E-state index is 12.5. The predicted molar refractivity (Wildman–Crippen MR) is 43.1 cm³/mol. The molecule has 0 aliphatic heterocycles. The molecule has 0 unspecified atom stereocenters. The molecule has 4 heteroatoms. The van der Waals surface area contributed by atoms with Crippen molar-refractivity contribution in [3.63, 3.8) is 0 Å². The van der Waals surface area contributed by atoms with Crippen LogP contribution in [0.1, 0.15) is 5.56 Å². The van der Waals surface area contributed by atoms with Gasteiger partial charge >= 0.3 is 5.97 Å². The van der Waals surface area contributed by atoms with Crippen molar-refractivity contribution >= 4 is 12.0 Å². The number of benzene rings is 1. The third kappa shape index (κ3) is 2.66. The van der Waals surface area contributed by atoms with Crippen LogP contribution >= 0.6 is 0 Å². The van der Waals surface area contributed by atoms with Crippen molar-refractivity contribution in [1.82, 2.24) is 0 Å². The number of rotatable bonds is 2. The number of carbonyl (C=O) groups is 1. The van der Waals surface area contributed by atoms with E-state index in [1.54, 1.807) is 0 Å². The quantitative estimate of drug-likeness (QED) is 0.715. The van der Waals surface area contributed by atoms with Crippen LogP contribution in [-0.4, -0.2) is 11.1 Å². The Morgan fingerprint density at radius 1 is 1.31 bits per heavy atom. The standard InChI is InChI=1S/C9H6F2O2/c10-7-3-1-6(2-4-7)5-8(11)9(12)13/h1-5H,(H,12,13)/b8-5-. The summed E-state index contributed by atoms with van der Waals surface area (Å²) in [5.74, 6) is -3.36. The van der Waals surface area contributed by atoms with E-state index in [-0.39, 0.29) is 0 Å². The van der Waals surface area contributed by atoms with Crippen LogP contribution in [0, 0.1) is 5.82 Å². The number of hydrogen-bond donors (Lipinski definition) is 1. The lowest BCUT2D eigenvalue weighted by molar-refractivity contribution is -0.134. The molecule has 0 atom stereocenters. The van der Waals surface area contributed by atoms with Crippen LogP contribution in [0.5, 0.6) is 0 Å². The molecule has 0 radical (unpaired) electrons. The fourth-order valence-electron chi connectivity index (χ4n) is 0.767. The third-order valence-corrected chi connectivity index (χ3v) is 1.37. The number of aliphatic carboxylic acids is 1. The van der Waals surface area contributed by atoms with E-state index in [2.05, 4.69) is 0 Å². The zero-order valence-corrected chi connectivity index (χ0v) is 6.50. The smallest absolute Gasteiger partial charge is 0.364 e. The van der Waals surface area contributed by atoms with E-state index in [1.165, 1.54) is 12.1 Å². The van der Waals surface area contributed by atoms with Crippen LogP contribution in [0.25, 0.3) is 6.08 Å². The zero-order valence-electron chi connectivity index (χ0n) is 6.50. The molecule has 0 aliphatic rings. The number of carboxylic acid groups (broad SMARTS) is 1. The molecule has 0 bridgehead atoms. The summed E-state index contributed by atoms with van der Waals surface area (Å²) in [6.07, 6.45) is 0.821. The van der Waals surface area contributed by atoms with Crippen LogP contribution in [-0.2, 0) is 4.79 Å². The van der Waals surface area contributed by atoms with Gasteiger partial charge in [-0.15, -0.1) is 0 Å². The Bertz CT molecular complexity index is 341. The molecule has 1 aromatic carbocycles. The minimum Gasteiger partial charge on any atom is -0.476 e. The van der Waals surface area contributed by atoms with Gasteiger partial charge in [0.2, 0.25) is 5.83 Å². The lowest BCUT2D eigenvalue weighted by Gasteiger charge is -1.92. The average molecular weight is 184 g/mol. The predicted octanol–water partition coefficient (Wildman–Crippen LogP) is 2.22. The van der Waals surface area contributed by atoms with Gasteiger partial charge in [0.25, 0.3) is 0 Å². The zero-order chi connectivity index (χ0) is 9.84.